The zero-order chi connectivity index (χ0) is 12.2. The van der Waals surface area contributed by atoms with Gasteiger partial charge in [-0.15, -0.1) is 0 Å². The topological polar surface area (TPSA) is 54.9 Å². The van der Waals surface area contributed by atoms with E-state index in [1.54, 1.807) is 0 Å². The number of aromatic nitrogens is 2. The monoisotopic (exact) mass is 241 g/mol. The Balaban J connectivity index is 2.82. The van der Waals surface area contributed by atoms with Crippen molar-refractivity contribution >= 4 is 23.7 Å². The number of aldehydes is 1. The second kappa shape index (κ2) is 5.25. The van der Waals surface area contributed by atoms with Crippen LogP contribution in [0.5, 0.6) is 0 Å². The smallest absolute Gasteiger partial charge is 0.156 e. The molecule has 1 heterocycles. The summed E-state index contributed by atoms with van der Waals surface area (Å²) in [4.78, 5) is 18.6. The zero-order valence-electron chi connectivity index (χ0n) is 9.75. The van der Waals surface area contributed by atoms with E-state index in [-0.39, 0.29) is 10.6 Å². The number of rotatable bonds is 5. The largest absolute Gasteiger partial charge is 0.369 e. The van der Waals surface area contributed by atoms with Crippen molar-refractivity contribution in [1.29, 1.82) is 0 Å². The van der Waals surface area contributed by atoms with Gasteiger partial charge < -0.3 is 5.32 Å². The summed E-state index contributed by atoms with van der Waals surface area (Å²) in [7, 11) is 0. The van der Waals surface area contributed by atoms with Gasteiger partial charge in [-0.1, -0.05) is 32.4 Å². The van der Waals surface area contributed by atoms with Crippen LogP contribution in [0.2, 0.25) is 5.15 Å². The summed E-state index contributed by atoms with van der Waals surface area (Å²) in [5.41, 5.74) is 0.466. The van der Waals surface area contributed by atoms with Crippen molar-refractivity contribution in [1.82, 2.24) is 9.97 Å². The average molecular weight is 242 g/mol. The number of carbonyl (C=O) groups excluding carboxylic acids is 1. The van der Waals surface area contributed by atoms with Gasteiger partial charge in [0.25, 0.3) is 0 Å². The van der Waals surface area contributed by atoms with Crippen molar-refractivity contribution < 1.29 is 4.79 Å². The number of hydrogen-bond acceptors (Lipinski definition) is 4. The first-order chi connectivity index (χ1) is 7.50. The molecule has 0 saturated heterocycles. The maximum Gasteiger partial charge on any atom is 0.156 e. The summed E-state index contributed by atoms with van der Waals surface area (Å²) in [6.45, 7) is 7.14. The van der Waals surface area contributed by atoms with Gasteiger partial charge in [0.15, 0.2) is 6.29 Å². The maximum absolute atomic E-state index is 10.8. The lowest BCUT2D eigenvalue weighted by atomic mass is 9.90. The van der Waals surface area contributed by atoms with E-state index >= 15 is 0 Å². The van der Waals surface area contributed by atoms with E-state index in [0.29, 0.717) is 17.7 Å². The zero-order valence-corrected chi connectivity index (χ0v) is 10.5. The molecule has 1 N–H and O–H groups in total. The molecule has 88 valence electrons. The van der Waals surface area contributed by atoms with Crippen molar-refractivity contribution in [2.45, 2.75) is 27.2 Å². The molecule has 0 radical (unpaired) electrons. The molecule has 0 aromatic carbocycles. The van der Waals surface area contributed by atoms with Gasteiger partial charge in [0, 0.05) is 6.54 Å². The summed E-state index contributed by atoms with van der Waals surface area (Å²) < 4.78 is 0. The minimum absolute atomic E-state index is 0.150. The lowest BCUT2D eigenvalue weighted by Crippen LogP contribution is -2.23. The van der Waals surface area contributed by atoms with Crippen LogP contribution in [0.25, 0.3) is 0 Å². The lowest BCUT2D eigenvalue weighted by Gasteiger charge is -2.23. The van der Waals surface area contributed by atoms with Gasteiger partial charge in [-0.3, -0.25) is 4.79 Å². The molecule has 1 rings (SSSR count). The first-order valence-corrected chi connectivity index (χ1v) is 5.57. The third kappa shape index (κ3) is 3.17. The van der Waals surface area contributed by atoms with Crippen LogP contribution in [-0.2, 0) is 0 Å². The van der Waals surface area contributed by atoms with Gasteiger partial charge in [0.05, 0.1) is 5.56 Å². The van der Waals surface area contributed by atoms with Crippen molar-refractivity contribution in [2.24, 2.45) is 5.41 Å². The van der Waals surface area contributed by atoms with E-state index in [0.717, 1.165) is 13.0 Å². The molecule has 1 aromatic rings. The van der Waals surface area contributed by atoms with Gasteiger partial charge >= 0.3 is 0 Å². The molecule has 16 heavy (non-hydrogen) atoms. The Morgan fingerprint density at radius 3 is 2.75 bits per heavy atom. The fraction of sp³-hybridized carbons (Fsp3) is 0.545. The molecular weight excluding hydrogens is 226 g/mol. The number of hydrogen-bond donors (Lipinski definition) is 1. The van der Waals surface area contributed by atoms with Crippen molar-refractivity contribution in [3.8, 4) is 0 Å². The molecule has 5 heteroatoms. The van der Waals surface area contributed by atoms with Crippen LogP contribution in [0.1, 0.15) is 37.6 Å². The Labute approximate surface area is 100 Å². The van der Waals surface area contributed by atoms with Crippen LogP contribution in [0.4, 0.5) is 5.82 Å². The van der Waals surface area contributed by atoms with E-state index in [9.17, 15) is 4.79 Å². The summed E-state index contributed by atoms with van der Waals surface area (Å²) in [5.74, 6) is 0.497. The van der Waals surface area contributed by atoms with Crippen molar-refractivity contribution in [2.75, 3.05) is 11.9 Å². The quantitative estimate of drug-likeness (QED) is 0.636. The molecule has 0 aliphatic rings. The molecule has 0 spiro atoms. The maximum atomic E-state index is 10.8. The number of halogens is 1. The fourth-order valence-electron chi connectivity index (χ4n) is 1.07. The minimum atomic E-state index is 0.150. The van der Waals surface area contributed by atoms with Gasteiger partial charge in [0.2, 0.25) is 0 Å². The first kappa shape index (κ1) is 12.9. The van der Waals surface area contributed by atoms with Gasteiger partial charge in [-0.25, -0.2) is 9.97 Å². The highest BCUT2D eigenvalue weighted by atomic mass is 35.5. The number of nitrogens with one attached hydrogen (secondary N) is 1. The summed E-state index contributed by atoms with van der Waals surface area (Å²) in [6.07, 6.45) is 3.05. The molecule has 0 aliphatic heterocycles. The average Bonchev–Trinajstić information content (AvgIpc) is 2.26. The van der Waals surface area contributed by atoms with E-state index < -0.39 is 0 Å². The summed E-state index contributed by atoms with van der Waals surface area (Å²) in [5, 5.41) is 3.31. The van der Waals surface area contributed by atoms with Crippen LogP contribution in [0.3, 0.4) is 0 Å². The van der Waals surface area contributed by atoms with Crippen LogP contribution in [-0.4, -0.2) is 22.8 Å². The molecule has 4 nitrogen and oxygen atoms in total. The predicted molar refractivity (Wildman–Crippen MR) is 65.0 cm³/mol. The first-order valence-electron chi connectivity index (χ1n) is 5.19. The van der Waals surface area contributed by atoms with Gasteiger partial charge in [-0.05, 0) is 11.8 Å². The van der Waals surface area contributed by atoms with Gasteiger partial charge in [-0.2, -0.15) is 0 Å². The highest BCUT2D eigenvalue weighted by molar-refractivity contribution is 6.32. The molecule has 1 aromatic heterocycles. The second-order valence-electron chi connectivity index (χ2n) is 4.42. The standard InChI is InChI=1S/C11H16ClN3O/c1-4-11(2,3)6-13-10-8(5-16)9(12)14-7-15-10/h5,7H,4,6H2,1-3H3,(H,13,14,15). The minimum Gasteiger partial charge on any atom is -0.369 e. The molecule has 0 fully saturated rings. The normalized spacial score (nSPS) is 11.2. The van der Waals surface area contributed by atoms with Gasteiger partial charge in [0.1, 0.15) is 17.3 Å². The predicted octanol–water partition coefficient (Wildman–Crippen LogP) is 2.79. The van der Waals surface area contributed by atoms with Crippen LogP contribution < -0.4 is 5.32 Å². The Bertz CT molecular complexity index is 379. The Hall–Kier alpha value is -1.16. The fourth-order valence-corrected chi connectivity index (χ4v) is 1.25. The SMILES string of the molecule is CCC(C)(C)CNc1ncnc(Cl)c1C=O. The van der Waals surface area contributed by atoms with E-state index in [2.05, 4.69) is 36.1 Å². The Morgan fingerprint density at radius 2 is 2.19 bits per heavy atom. The summed E-state index contributed by atoms with van der Waals surface area (Å²) in [6, 6.07) is 0. The molecule has 0 unspecified atom stereocenters. The Kier molecular flexibility index (Phi) is 4.24. The molecule has 0 saturated carbocycles. The van der Waals surface area contributed by atoms with Crippen molar-refractivity contribution in [3.63, 3.8) is 0 Å². The molecule has 0 atom stereocenters. The highest BCUT2D eigenvalue weighted by Gasteiger charge is 2.16. The van der Waals surface area contributed by atoms with Crippen LogP contribution in [0.15, 0.2) is 6.33 Å². The number of nitrogens with zero attached hydrogens (tertiary/aromatic N) is 2. The third-order valence-electron chi connectivity index (χ3n) is 2.64. The second-order valence-corrected chi connectivity index (χ2v) is 4.77. The molecule has 0 aliphatic carbocycles. The molecule has 0 amide bonds. The van der Waals surface area contributed by atoms with Crippen molar-refractivity contribution in [3.05, 3.63) is 17.0 Å². The molecule has 0 bridgehead atoms. The highest BCUT2D eigenvalue weighted by Crippen LogP contribution is 2.22. The Morgan fingerprint density at radius 1 is 1.50 bits per heavy atom. The number of carbonyl (C=O) groups is 1. The third-order valence-corrected chi connectivity index (χ3v) is 2.95. The van der Waals surface area contributed by atoms with Crippen LogP contribution >= 0.6 is 11.6 Å². The molecular formula is C11H16ClN3O. The van der Waals surface area contributed by atoms with E-state index in [1.165, 1.54) is 6.33 Å². The van der Waals surface area contributed by atoms with E-state index in [1.807, 2.05) is 0 Å². The van der Waals surface area contributed by atoms with Crippen LogP contribution in [0, 0.1) is 5.41 Å². The number of anilines is 1. The summed E-state index contributed by atoms with van der Waals surface area (Å²) >= 11 is 5.79. The lowest BCUT2D eigenvalue weighted by molar-refractivity contribution is 0.112. The van der Waals surface area contributed by atoms with E-state index in [4.69, 9.17) is 11.6 Å².